The van der Waals surface area contributed by atoms with Crippen LogP contribution in [-0.2, 0) is 23.7 Å². The molecule has 0 spiro atoms. The van der Waals surface area contributed by atoms with Crippen molar-refractivity contribution >= 4 is 0 Å². The van der Waals surface area contributed by atoms with Crippen LogP contribution in [0.1, 0.15) is 54.4 Å². The lowest BCUT2D eigenvalue weighted by atomic mass is 10.3. The van der Waals surface area contributed by atoms with E-state index in [2.05, 4.69) is 6.92 Å². The van der Waals surface area contributed by atoms with E-state index in [1.165, 1.54) is 0 Å². The second-order valence-electron chi connectivity index (χ2n) is 6.85. The molecule has 5 unspecified atom stereocenters. The van der Waals surface area contributed by atoms with Crippen molar-refractivity contribution in [1.29, 1.82) is 0 Å². The molecule has 152 valence electrons. The van der Waals surface area contributed by atoms with Crippen molar-refractivity contribution in [3.05, 3.63) is 0 Å². The third-order valence-electron chi connectivity index (χ3n) is 3.46. The molecule has 0 fully saturated rings. The van der Waals surface area contributed by atoms with Crippen LogP contribution >= 0.6 is 0 Å². The maximum absolute atomic E-state index is 9.18. The van der Waals surface area contributed by atoms with Crippen molar-refractivity contribution in [2.24, 2.45) is 0 Å². The highest BCUT2D eigenvalue weighted by Gasteiger charge is 2.12. The Balaban J connectivity index is 3.64. The lowest BCUT2D eigenvalue weighted by molar-refractivity contribution is -0.0960. The van der Waals surface area contributed by atoms with Crippen molar-refractivity contribution in [2.75, 3.05) is 39.6 Å². The fourth-order valence-electron chi connectivity index (χ4n) is 1.89. The number of hydrogen-bond acceptors (Lipinski definition) is 6. The second-order valence-corrected chi connectivity index (χ2v) is 6.85. The van der Waals surface area contributed by atoms with Crippen LogP contribution < -0.4 is 0 Å². The zero-order chi connectivity index (χ0) is 19.1. The van der Waals surface area contributed by atoms with Crippen LogP contribution in [0.3, 0.4) is 0 Å². The average Bonchev–Trinajstić information content (AvgIpc) is 2.58. The lowest BCUT2D eigenvalue weighted by Gasteiger charge is -2.21. The predicted molar refractivity (Wildman–Crippen MR) is 99.1 cm³/mol. The summed E-state index contributed by atoms with van der Waals surface area (Å²) in [5.41, 5.74) is 0. The Labute approximate surface area is 154 Å². The summed E-state index contributed by atoms with van der Waals surface area (Å²) >= 11 is 0. The summed E-state index contributed by atoms with van der Waals surface area (Å²) in [6.45, 7) is 15.0. The summed E-state index contributed by atoms with van der Waals surface area (Å²) in [6.07, 6.45) is 1.79. The van der Waals surface area contributed by atoms with Gasteiger partial charge in [-0.25, -0.2) is 0 Å². The van der Waals surface area contributed by atoms with Crippen LogP contribution in [0, 0.1) is 0 Å². The summed E-state index contributed by atoms with van der Waals surface area (Å²) in [5, 5.41) is 9.18. The molecule has 0 aromatic carbocycles. The van der Waals surface area contributed by atoms with Crippen LogP contribution in [0.4, 0.5) is 0 Å². The molecule has 0 aliphatic carbocycles. The molecule has 0 bridgehead atoms. The number of hydrogen-bond donors (Lipinski definition) is 1. The van der Waals surface area contributed by atoms with Crippen molar-refractivity contribution in [3.8, 4) is 0 Å². The van der Waals surface area contributed by atoms with Gasteiger partial charge in [0.25, 0.3) is 0 Å². The van der Waals surface area contributed by atoms with Gasteiger partial charge in [-0.05, 0) is 41.0 Å². The minimum absolute atomic E-state index is 0.00746. The highest BCUT2D eigenvalue weighted by atomic mass is 16.6. The number of aliphatic hydroxyl groups excluding tert-OH is 1. The van der Waals surface area contributed by atoms with E-state index in [1.807, 2.05) is 27.7 Å². The van der Waals surface area contributed by atoms with Crippen molar-refractivity contribution in [2.45, 2.75) is 84.9 Å². The zero-order valence-electron chi connectivity index (χ0n) is 17.0. The van der Waals surface area contributed by atoms with Crippen LogP contribution in [0.5, 0.6) is 0 Å². The highest BCUT2D eigenvalue weighted by Crippen LogP contribution is 2.03. The molecule has 0 saturated carbocycles. The fraction of sp³-hybridized carbons (Fsp3) is 1.00. The van der Waals surface area contributed by atoms with Gasteiger partial charge in [-0.3, -0.25) is 0 Å². The van der Waals surface area contributed by atoms with E-state index in [9.17, 15) is 5.11 Å². The molecular weight excluding hydrogens is 324 g/mol. The fourth-order valence-corrected chi connectivity index (χ4v) is 1.89. The predicted octanol–water partition coefficient (Wildman–Crippen LogP) is 2.80. The van der Waals surface area contributed by atoms with Gasteiger partial charge in [0.1, 0.15) is 0 Å². The molecule has 0 aliphatic rings. The molecule has 0 aliphatic heterocycles. The van der Waals surface area contributed by atoms with E-state index >= 15 is 0 Å². The Hall–Kier alpha value is -0.240. The van der Waals surface area contributed by atoms with Gasteiger partial charge in [0, 0.05) is 6.61 Å². The summed E-state index contributed by atoms with van der Waals surface area (Å²) < 4.78 is 28.2. The number of unbranched alkanes of at least 4 members (excludes halogenated alkanes) is 1. The van der Waals surface area contributed by atoms with Crippen LogP contribution in [0.2, 0.25) is 0 Å². The Bertz CT molecular complexity index is 287. The van der Waals surface area contributed by atoms with E-state index in [-0.39, 0.29) is 24.4 Å². The van der Waals surface area contributed by atoms with Crippen molar-refractivity contribution in [1.82, 2.24) is 0 Å². The molecule has 6 heteroatoms. The van der Waals surface area contributed by atoms with Gasteiger partial charge >= 0.3 is 0 Å². The van der Waals surface area contributed by atoms with E-state index in [4.69, 9.17) is 23.7 Å². The van der Waals surface area contributed by atoms with Gasteiger partial charge in [-0.2, -0.15) is 0 Å². The van der Waals surface area contributed by atoms with Crippen molar-refractivity contribution in [3.63, 3.8) is 0 Å². The molecule has 0 heterocycles. The number of ether oxygens (including phenoxy) is 5. The van der Waals surface area contributed by atoms with Gasteiger partial charge in [0.2, 0.25) is 0 Å². The maximum atomic E-state index is 9.18. The summed E-state index contributed by atoms with van der Waals surface area (Å²) in [5.74, 6) is 0. The smallest absolute Gasteiger partial charge is 0.0781 e. The Kier molecular flexibility index (Phi) is 15.8. The van der Waals surface area contributed by atoms with Gasteiger partial charge in [-0.1, -0.05) is 13.3 Å². The lowest BCUT2D eigenvalue weighted by Crippen LogP contribution is -2.29. The summed E-state index contributed by atoms with van der Waals surface area (Å²) in [6, 6.07) is 0. The standard InChI is InChI=1S/C19H40O6/c1-7-8-9-21-11-16(3)23-13-18(5)25-14-19(6)24-12-17(4)22-10-15(2)20/h15-20H,7-14H2,1-6H3. The monoisotopic (exact) mass is 364 g/mol. The minimum atomic E-state index is -0.455. The molecule has 0 radical (unpaired) electrons. The molecule has 0 saturated heterocycles. The minimum Gasteiger partial charge on any atom is -0.391 e. The third kappa shape index (κ3) is 17.0. The molecule has 25 heavy (non-hydrogen) atoms. The van der Waals surface area contributed by atoms with Gasteiger partial charge in [-0.15, -0.1) is 0 Å². The Morgan fingerprint density at radius 1 is 0.640 bits per heavy atom. The Morgan fingerprint density at radius 2 is 1.04 bits per heavy atom. The molecule has 1 N–H and O–H groups in total. The average molecular weight is 365 g/mol. The molecule has 6 nitrogen and oxygen atoms in total. The number of aliphatic hydroxyl groups is 1. The van der Waals surface area contributed by atoms with Crippen molar-refractivity contribution < 1.29 is 28.8 Å². The van der Waals surface area contributed by atoms with E-state index in [0.717, 1.165) is 19.4 Å². The van der Waals surface area contributed by atoms with Crippen LogP contribution in [0.15, 0.2) is 0 Å². The Morgan fingerprint density at radius 3 is 1.44 bits per heavy atom. The SMILES string of the molecule is CCCCOCC(C)OCC(C)OCC(C)OCC(C)OCC(C)O. The van der Waals surface area contributed by atoms with Gasteiger partial charge in [0.05, 0.1) is 63.6 Å². The summed E-state index contributed by atoms with van der Waals surface area (Å²) in [7, 11) is 0. The first-order valence-corrected chi connectivity index (χ1v) is 9.57. The molecule has 5 atom stereocenters. The van der Waals surface area contributed by atoms with E-state index in [0.29, 0.717) is 33.0 Å². The third-order valence-corrected chi connectivity index (χ3v) is 3.46. The van der Waals surface area contributed by atoms with Gasteiger partial charge in [0.15, 0.2) is 0 Å². The molecule has 0 aromatic heterocycles. The van der Waals surface area contributed by atoms with Crippen LogP contribution in [0.25, 0.3) is 0 Å². The normalized spacial score (nSPS) is 17.9. The maximum Gasteiger partial charge on any atom is 0.0781 e. The molecule has 0 aromatic rings. The molecule has 0 amide bonds. The molecular formula is C19H40O6. The van der Waals surface area contributed by atoms with Crippen LogP contribution in [-0.4, -0.2) is 75.3 Å². The first-order valence-electron chi connectivity index (χ1n) is 9.57. The zero-order valence-corrected chi connectivity index (χ0v) is 17.0. The van der Waals surface area contributed by atoms with E-state index < -0.39 is 6.10 Å². The topological polar surface area (TPSA) is 66.4 Å². The van der Waals surface area contributed by atoms with E-state index in [1.54, 1.807) is 6.92 Å². The first kappa shape index (κ1) is 24.8. The first-order chi connectivity index (χ1) is 11.8. The quantitative estimate of drug-likeness (QED) is 0.400. The summed E-state index contributed by atoms with van der Waals surface area (Å²) in [4.78, 5) is 0. The largest absolute Gasteiger partial charge is 0.391 e. The molecule has 0 rings (SSSR count). The van der Waals surface area contributed by atoms with Gasteiger partial charge < -0.3 is 28.8 Å². The second kappa shape index (κ2) is 16.0. The highest BCUT2D eigenvalue weighted by molar-refractivity contribution is 4.57. The number of rotatable bonds is 17.